The summed E-state index contributed by atoms with van der Waals surface area (Å²) in [5.74, 6) is -0.205. The largest absolute Gasteiger partial charge is 0.469 e. The lowest BCUT2D eigenvalue weighted by Gasteiger charge is -2.31. The van der Waals surface area contributed by atoms with Crippen molar-refractivity contribution in [1.82, 2.24) is 5.32 Å². The summed E-state index contributed by atoms with van der Waals surface area (Å²) in [7, 11) is 1.42. The van der Waals surface area contributed by atoms with Crippen LogP contribution in [-0.2, 0) is 14.3 Å². The van der Waals surface area contributed by atoms with Crippen LogP contribution < -0.4 is 5.32 Å². The Labute approximate surface area is 110 Å². The number of methoxy groups -OCH3 is 1. The summed E-state index contributed by atoms with van der Waals surface area (Å²) in [6.45, 7) is 7.34. The Morgan fingerprint density at radius 3 is 2.39 bits per heavy atom. The molecule has 1 rings (SSSR count). The first kappa shape index (κ1) is 15.4. The van der Waals surface area contributed by atoms with Crippen LogP contribution in [0.15, 0.2) is 0 Å². The van der Waals surface area contributed by atoms with Crippen LogP contribution in [0.1, 0.15) is 46.5 Å². The van der Waals surface area contributed by atoms with Gasteiger partial charge in [-0.3, -0.25) is 4.79 Å². The van der Waals surface area contributed by atoms with E-state index in [2.05, 4.69) is 12.2 Å². The average molecular weight is 257 g/mol. The first-order valence-corrected chi connectivity index (χ1v) is 6.93. The van der Waals surface area contributed by atoms with Gasteiger partial charge in [-0.2, -0.15) is 0 Å². The number of carbonyl (C=O) groups is 1. The number of hydrogen-bond acceptors (Lipinski definition) is 4. The number of rotatable bonds is 6. The van der Waals surface area contributed by atoms with Crippen LogP contribution in [0.25, 0.3) is 0 Å². The molecule has 0 aromatic carbocycles. The lowest BCUT2D eigenvalue weighted by atomic mass is 9.91. The number of hydrogen-bond donors (Lipinski definition) is 1. The van der Waals surface area contributed by atoms with Crippen LogP contribution in [0.5, 0.6) is 0 Å². The Hall–Kier alpha value is -0.610. The lowest BCUT2D eigenvalue weighted by Crippen LogP contribution is -2.37. The predicted molar refractivity (Wildman–Crippen MR) is 71.5 cm³/mol. The van der Waals surface area contributed by atoms with Crippen molar-refractivity contribution in [3.05, 3.63) is 0 Å². The van der Waals surface area contributed by atoms with Gasteiger partial charge in [0.05, 0.1) is 25.2 Å². The van der Waals surface area contributed by atoms with Crippen LogP contribution in [-0.4, -0.2) is 38.4 Å². The molecule has 1 fully saturated rings. The molecule has 0 atom stereocenters. The molecular formula is C14H27NO3. The fourth-order valence-corrected chi connectivity index (χ4v) is 2.38. The van der Waals surface area contributed by atoms with Gasteiger partial charge in [0.15, 0.2) is 0 Å². The Balaban J connectivity index is 2.27. The Morgan fingerprint density at radius 2 is 1.89 bits per heavy atom. The Kier molecular flexibility index (Phi) is 6.09. The van der Waals surface area contributed by atoms with Gasteiger partial charge in [0.25, 0.3) is 0 Å². The summed E-state index contributed by atoms with van der Waals surface area (Å²) >= 11 is 0. The maximum absolute atomic E-state index is 11.5. The molecule has 106 valence electrons. The van der Waals surface area contributed by atoms with Gasteiger partial charge in [-0.15, -0.1) is 0 Å². The molecule has 0 aliphatic heterocycles. The first-order valence-electron chi connectivity index (χ1n) is 6.93. The van der Waals surface area contributed by atoms with Crippen molar-refractivity contribution in [3.8, 4) is 0 Å². The van der Waals surface area contributed by atoms with Gasteiger partial charge < -0.3 is 14.8 Å². The van der Waals surface area contributed by atoms with E-state index in [1.807, 2.05) is 13.8 Å². The van der Waals surface area contributed by atoms with Crippen LogP contribution in [0, 0.1) is 5.41 Å². The highest BCUT2D eigenvalue weighted by atomic mass is 16.5. The second-order valence-electron chi connectivity index (χ2n) is 5.72. The van der Waals surface area contributed by atoms with Gasteiger partial charge in [0.1, 0.15) is 0 Å². The smallest absolute Gasteiger partial charge is 0.313 e. The summed E-state index contributed by atoms with van der Waals surface area (Å²) in [5.41, 5.74) is -0.548. The predicted octanol–water partition coefficient (Wildman–Crippen LogP) is 2.12. The highest BCUT2D eigenvalue weighted by molar-refractivity contribution is 5.75. The van der Waals surface area contributed by atoms with Gasteiger partial charge in [0, 0.05) is 6.04 Å². The molecule has 0 spiro atoms. The summed E-state index contributed by atoms with van der Waals surface area (Å²) in [4.78, 5) is 11.5. The molecule has 1 aliphatic carbocycles. The Morgan fingerprint density at radius 1 is 1.28 bits per heavy atom. The van der Waals surface area contributed by atoms with Gasteiger partial charge in [-0.25, -0.2) is 0 Å². The van der Waals surface area contributed by atoms with E-state index in [0.717, 1.165) is 32.2 Å². The number of ether oxygens (including phenoxy) is 2. The minimum atomic E-state index is -0.548. The van der Waals surface area contributed by atoms with E-state index in [-0.39, 0.29) is 5.97 Å². The van der Waals surface area contributed by atoms with Crippen LogP contribution in [0.3, 0.4) is 0 Å². The zero-order chi connectivity index (χ0) is 13.6. The molecule has 0 aromatic rings. The molecular weight excluding hydrogens is 230 g/mol. The SMILES string of the molecule is CCNC1CCC(OCC(C)(C)C(=O)OC)CC1. The standard InChI is InChI=1S/C14H27NO3/c1-5-15-11-6-8-12(9-7-11)18-10-14(2,3)13(16)17-4/h11-12,15H,5-10H2,1-4H3. The first-order chi connectivity index (χ1) is 8.49. The second-order valence-corrected chi connectivity index (χ2v) is 5.72. The minimum absolute atomic E-state index is 0.205. The third kappa shape index (κ3) is 4.58. The molecule has 0 radical (unpaired) electrons. The van der Waals surface area contributed by atoms with Gasteiger partial charge >= 0.3 is 5.97 Å². The molecule has 0 unspecified atom stereocenters. The van der Waals surface area contributed by atoms with E-state index in [1.165, 1.54) is 7.11 Å². The number of carbonyl (C=O) groups excluding carboxylic acids is 1. The van der Waals surface area contributed by atoms with Crippen molar-refractivity contribution >= 4 is 5.97 Å². The van der Waals surface area contributed by atoms with Crippen molar-refractivity contribution in [3.63, 3.8) is 0 Å². The second kappa shape index (κ2) is 7.10. The third-order valence-electron chi connectivity index (χ3n) is 3.58. The summed E-state index contributed by atoms with van der Waals surface area (Å²) in [6.07, 6.45) is 4.78. The fourth-order valence-electron chi connectivity index (χ4n) is 2.38. The topological polar surface area (TPSA) is 47.6 Å². The highest BCUT2D eigenvalue weighted by Crippen LogP contribution is 2.24. The highest BCUT2D eigenvalue weighted by Gasteiger charge is 2.31. The molecule has 1 saturated carbocycles. The fraction of sp³-hybridized carbons (Fsp3) is 0.929. The monoisotopic (exact) mass is 257 g/mol. The van der Waals surface area contributed by atoms with Crippen molar-refractivity contribution in [2.75, 3.05) is 20.3 Å². The van der Waals surface area contributed by atoms with E-state index < -0.39 is 5.41 Å². The van der Waals surface area contributed by atoms with Gasteiger partial charge in [-0.1, -0.05) is 6.92 Å². The quantitative estimate of drug-likeness (QED) is 0.740. The van der Waals surface area contributed by atoms with Crippen LogP contribution in [0.2, 0.25) is 0 Å². The zero-order valence-electron chi connectivity index (χ0n) is 12.1. The Bertz CT molecular complexity index is 258. The number of esters is 1. The maximum Gasteiger partial charge on any atom is 0.313 e. The maximum atomic E-state index is 11.5. The van der Waals surface area contributed by atoms with Crippen LogP contribution >= 0.6 is 0 Å². The molecule has 1 N–H and O–H groups in total. The molecule has 0 amide bonds. The summed E-state index contributed by atoms with van der Waals surface area (Å²) in [6, 6.07) is 0.642. The van der Waals surface area contributed by atoms with Crippen molar-refractivity contribution in [1.29, 1.82) is 0 Å². The molecule has 0 bridgehead atoms. The van der Waals surface area contributed by atoms with E-state index in [4.69, 9.17) is 9.47 Å². The zero-order valence-corrected chi connectivity index (χ0v) is 12.1. The molecule has 4 nitrogen and oxygen atoms in total. The van der Waals surface area contributed by atoms with E-state index in [9.17, 15) is 4.79 Å². The van der Waals surface area contributed by atoms with Gasteiger partial charge in [0.2, 0.25) is 0 Å². The lowest BCUT2D eigenvalue weighted by molar-refractivity contribution is -0.156. The third-order valence-corrected chi connectivity index (χ3v) is 3.58. The summed E-state index contributed by atoms with van der Waals surface area (Å²) < 4.78 is 10.6. The van der Waals surface area contributed by atoms with Crippen molar-refractivity contribution in [2.45, 2.75) is 58.6 Å². The molecule has 18 heavy (non-hydrogen) atoms. The van der Waals surface area contributed by atoms with Crippen molar-refractivity contribution < 1.29 is 14.3 Å². The van der Waals surface area contributed by atoms with Gasteiger partial charge in [-0.05, 0) is 46.1 Å². The molecule has 4 heteroatoms. The van der Waals surface area contributed by atoms with E-state index in [0.29, 0.717) is 18.8 Å². The molecule has 0 saturated heterocycles. The van der Waals surface area contributed by atoms with E-state index >= 15 is 0 Å². The molecule has 0 aromatic heterocycles. The normalized spacial score (nSPS) is 24.9. The van der Waals surface area contributed by atoms with Crippen molar-refractivity contribution in [2.24, 2.45) is 5.41 Å². The van der Waals surface area contributed by atoms with Crippen LogP contribution in [0.4, 0.5) is 0 Å². The number of nitrogens with one attached hydrogen (secondary N) is 1. The molecule has 1 aliphatic rings. The molecule has 0 heterocycles. The minimum Gasteiger partial charge on any atom is -0.469 e. The van der Waals surface area contributed by atoms with E-state index in [1.54, 1.807) is 0 Å². The average Bonchev–Trinajstić information content (AvgIpc) is 2.37. The summed E-state index contributed by atoms with van der Waals surface area (Å²) in [5, 5.41) is 3.48.